The summed E-state index contributed by atoms with van der Waals surface area (Å²) in [5.41, 5.74) is 0. The lowest BCUT2D eigenvalue weighted by molar-refractivity contribution is -0.134. The van der Waals surface area contributed by atoms with Crippen LogP contribution >= 0.6 is 11.8 Å². The number of hydrogen-bond donors (Lipinski definition) is 3. The van der Waals surface area contributed by atoms with Gasteiger partial charge in [0.15, 0.2) is 0 Å². The van der Waals surface area contributed by atoms with Crippen LogP contribution < -0.4 is 5.32 Å². The van der Waals surface area contributed by atoms with Crippen LogP contribution in [0.1, 0.15) is 12.8 Å². The zero-order valence-corrected chi connectivity index (χ0v) is 11.3. The molecule has 0 aromatic heterocycles. The standard InChI is InChI=1S/C11H18N2O5S/c14-5-8-1-2-10(16)13(8)4-3-12-9(15)6-19-7-11(17)18/h8,14H,1-7H2,(H,12,15)(H,17,18). The van der Waals surface area contributed by atoms with E-state index < -0.39 is 5.97 Å². The monoisotopic (exact) mass is 290 g/mol. The Hall–Kier alpha value is -1.28. The van der Waals surface area contributed by atoms with E-state index in [1.807, 2.05) is 0 Å². The van der Waals surface area contributed by atoms with Crippen molar-refractivity contribution < 1.29 is 24.6 Å². The van der Waals surface area contributed by atoms with E-state index in [9.17, 15) is 14.4 Å². The summed E-state index contributed by atoms with van der Waals surface area (Å²) < 4.78 is 0. The third-order valence-electron chi connectivity index (χ3n) is 2.80. The molecular weight excluding hydrogens is 272 g/mol. The molecule has 0 aromatic rings. The first kappa shape index (κ1) is 15.8. The normalized spacial score (nSPS) is 18.7. The lowest BCUT2D eigenvalue weighted by atomic mass is 10.2. The predicted molar refractivity (Wildman–Crippen MR) is 69.8 cm³/mol. The zero-order chi connectivity index (χ0) is 14.3. The lowest BCUT2D eigenvalue weighted by Crippen LogP contribution is -2.41. The maximum absolute atomic E-state index is 11.5. The third kappa shape index (κ3) is 5.48. The van der Waals surface area contributed by atoms with E-state index in [4.69, 9.17) is 10.2 Å². The van der Waals surface area contributed by atoms with Crippen LogP contribution in [0.4, 0.5) is 0 Å². The van der Waals surface area contributed by atoms with Gasteiger partial charge in [-0.3, -0.25) is 14.4 Å². The van der Waals surface area contributed by atoms with Crippen molar-refractivity contribution in [1.29, 1.82) is 0 Å². The fourth-order valence-electron chi connectivity index (χ4n) is 1.89. The second-order valence-corrected chi connectivity index (χ2v) is 5.18. The van der Waals surface area contributed by atoms with Crippen LogP contribution in [0, 0.1) is 0 Å². The van der Waals surface area contributed by atoms with Crippen LogP contribution in [0.5, 0.6) is 0 Å². The third-order valence-corrected chi connectivity index (χ3v) is 3.71. The average Bonchev–Trinajstić information content (AvgIpc) is 2.70. The SMILES string of the molecule is O=C(O)CSCC(=O)NCCN1C(=O)CCC1CO. The van der Waals surface area contributed by atoms with Crippen molar-refractivity contribution in [2.24, 2.45) is 0 Å². The highest BCUT2D eigenvalue weighted by atomic mass is 32.2. The Bertz CT molecular complexity index is 350. The Labute approximate surface area is 115 Å². The number of nitrogens with zero attached hydrogens (tertiary/aromatic N) is 1. The van der Waals surface area contributed by atoms with Crippen LogP contribution in [0.3, 0.4) is 0 Å². The summed E-state index contributed by atoms with van der Waals surface area (Å²) in [4.78, 5) is 34.7. The number of rotatable bonds is 8. The van der Waals surface area contributed by atoms with Crippen LogP contribution in [0.25, 0.3) is 0 Å². The number of likely N-dealkylation sites (tertiary alicyclic amines) is 1. The van der Waals surface area contributed by atoms with Gasteiger partial charge < -0.3 is 20.4 Å². The summed E-state index contributed by atoms with van der Waals surface area (Å²) in [7, 11) is 0. The molecule has 1 saturated heterocycles. The quantitative estimate of drug-likeness (QED) is 0.524. The molecular formula is C11H18N2O5S. The number of carboxylic acid groups (broad SMARTS) is 1. The van der Waals surface area contributed by atoms with E-state index >= 15 is 0 Å². The molecule has 0 bridgehead atoms. The van der Waals surface area contributed by atoms with Crippen molar-refractivity contribution in [1.82, 2.24) is 10.2 Å². The predicted octanol–water partition coefficient (Wildman–Crippen LogP) is -1.10. The van der Waals surface area contributed by atoms with Crippen molar-refractivity contribution in [3.63, 3.8) is 0 Å². The Morgan fingerprint density at radius 1 is 1.42 bits per heavy atom. The molecule has 19 heavy (non-hydrogen) atoms. The van der Waals surface area contributed by atoms with E-state index in [-0.39, 0.29) is 36.0 Å². The first-order valence-electron chi connectivity index (χ1n) is 6.01. The van der Waals surface area contributed by atoms with Crippen molar-refractivity contribution in [3.8, 4) is 0 Å². The van der Waals surface area contributed by atoms with Crippen molar-refractivity contribution >= 4 is 29.5 Å². The van der Waals surface area contributed by atoms with Gasteiger partial charge in [0.2, 0.25) is 11.8 Å². The molecule has 2 amide bonds. The van der Waals surface area contributed by atoms with E-state index in [0.717, 1.165) is 11.8 Å². The molecule has 8 heteroatoms. The fourth-order valence-corrected chi connectivity index (χ4v) is 2.45. The zero-order valence-electron chi connectivity index (χ0n) is 10.5. The number of aliphatic hydroxyl groups excluding tert-OH is 1. The van der Waals surface area contributed by atoms with Crippen LogP contribution in [0.2, 0.25) is 0 Å². The molecule has 108 valence electrons. The highest BCUT2D eigenvalue weighted by Gasteiger charge is 2.29. The summed E-state index contributed by atoms with van der Waals surface area (Å²) in [5.74, 6) is -1.23. The summed E-state index contributed by atoms with van der Waals surface area (Å²) in [5, 5.41) is 20.1. The Morgan fingerprint density at radius 3 is 2.79 bits per heavy atom. The van der Waals surface area contributed by atoms with Gasteiger partial charge >= 0.3 is 5.97 Å². The van der Waals surface area contributed by atoms with Gasteiger partial charge in [-0.05, 0) is 6.42 Å². The highest BCUT2D eigenvalue weighted by Crippen LogP contribution is 2.17. The number of carboxylic acids is 1. The molecule has 1 fully saturated rings. The van der Waals surface area contributed by atoms with Crippen LogP contribution in [0.15, 0.2) is 0 Å². The number of nitrogens with one attached hydrogen (secondary N) is 1. The molecule has 0 aliphatic carbocycles. The Kier molecular flexibility index (Phi) is 6.65. The number of thioether (sulfide) groups is 1. The van der Waals surface area contributed by atoms with Crippen molar-refractivity contribution in [2.45, 2.75) is 18.9 Å². The summed E-state index contributed by atoms with van der Waals surface area (Å²) in [6.45, 7) is 0.627. The van der Waals surface area contributed by atoms with Gasteiger partial charge in [-0.1, -0.05) is 0 Å². The molecule has 0 saturated carbocycles. The maximum atomic E-state index is 11.5. The van der Waals surface area contributed by atoms with E-state index in [1.54, 1.807) is 4.90 Å². The number of aliphatic carboxylic acids is 1. The number of carbonyl (C=O) groups excluding carboxylic acids is 2. The van der Waals surface area contributed by atoms with Crippen LogP contribution in [-0.4, -0.2) is 70.1 Å². The first-order valence-corrected chi connectivity index (χ1v) is 7.16. The molecule has 3 N–H and O–H groups in total. The highest BCUT2D eigenvalue weighted by molar-refractivity contribution is 8.00. The number of amides is 2. The molecule has 0 spiro atoms. The fraction of sp³-hybridized carbons (Fsp3) is 0.727. The lowest BCUT2D eigenvalue weighted by Gasteiger charge is -2.23. The minimum Gasteiger partial charge on any atom is -0.481 e. The van der Waals surface area contributed by atoms with Gasteiger partial charge in [-0.2, -0.15) is 0 Å². The molecule has 1 unspecified atom stereocenters. The number of hydrogen-bond acceptors (Lipinski definition) is 5. The van der Waals surface area contributed by atoms with Gasteiger partial charge in [0.1, 0.15) is 0 Å². The second-order valence-electron chi connectivity index (χ2n) is 4.20. The molecule has 1 heterocycles. The maximum Gasteiger partial charge on any atom is 0.313 e. The molecule has 1 atom stereocenters. The van der Waals surface area contributed by atoms with E-state index in [1.165, 1.54) is 0 Å². The smallest absolute Gasteiger partial charge is 0.313 e. The molecule has 1 rings (SSSR count). The largest absolute Gasteiger partial charge is 0.481 e. The molecule has 1 aliphatic heterocycles. The van der Waals surface area contributed by atoms with Gasteiger partial charge in [-0.15, -0.1) is 11.8 Å². The average molecular weight is 290 g/mol. The minimum absolute atomic E-state index is 0.00597. The molecule has 0 aromatic carbocycles. The first-order chi connectivity index (χ1) is 9.04. The van der Waals surface area contributed by atoms with Gasteiger partial charge in [0.05, 0.1) is 24.2 Å². The van der Waals surface area contributed by atoms with Crippen molar-refractivity contribution in [3.05, 3.63) is 0 Å². The van der Waals surface area contributed by atoms with E-state index in [0.29, 0.717) is 25.9 Å². The summed E-state index contributed by atoms with van der Waals surface area (Å²) in [6, 6.07) is -0.147. The summed E-state index contributed by atoms with van der Waals surface area (Å²) in [6.07, 6.45) is 1.09. The Morgan fingerprint density at radius 2 is 2.16 bits per heavy atom. The van der Waals surface area contributed by atoms with Gasteiger partial charge in [-0.25, -0.2) is 0 Å². The van der Waals surface area contributed by atoms with Gasteiger partial charge in [0.25, 0.3) is 0 Å². The van der Waals surface area contributed by atoms with Crippen molar-refractivity contribution in [2.75, 3.05) is 31.2 Å². The summed E-state index contributed by atoms with van der Waals surface area (Å²) >= 11 is 1.03. The molecule has 0 radical (unpaired) electrons. The second kappa shape index (κ2) is 8.00. The van der Waals surface area contributed by atoms with Gasteiger partial charge in [0, 0.05) is 19.5 Å². The topological polar surface area (TPSA) is 107 Å². The van der Waals surface area contributed by atoms with E-state index in [2.05, 4.69) is 5.32 Å². The van der Waals surface area contributed by atoms with Crippen LogP contribution in [-0.2, 0) is 14.4 Å². The number of aliphatic hydroxyl groups is 1. The molecule has 1 aliphatic rings. The number of carbonyl (C=O) groups is 3. The molecule has 7 nitrogen and oxygen atoms in total. The Balaban J connectivity index is 2.17. The minimum atomic E-state index is -0.953.